The van der Waals surface area contributed by atoms with Gasteiger partial charge in [-0.1, -0.05) is 0 Å². The van der Waals surface area contributed by atoms with Gasteiger partial charge in [0.15, 0.2) is 5.96 Å². The van der Waals surface area contributed by atoms with Gasteiger partial charge < -0.3 is 15.1 Å². The third-order valence-corrected chi connectivity index (χ3v) is 10.8. The minimum Gasteiger partial charge on any atom is -0.326 e. The molecule has 0 bridgehead atoms. The van der Waals surface area contributed by atoms with Crippen molar-refractivity contribution in [2.45, 2.75) is 106 Å². The Morgan fingerprint density at radius 1 is 0.826 bits per heavy atom. The van der Waals surface area contributed by atoms with E-state index < -0.39 is 67.9 Å². The number of ether oxygens (including phenoxy) is 1. The fraction of sp³-hybridized carbons (Fsp3) is 0.964. The summed E-state index contributed by atoms with van der Waals surface area (Å²) < 4.78 is 126. The van der Waals surface area contributed by atoms with Gasteiger partial charge in [-0.25, -0.2) is 0 Å². The SMILES string of the molecule is CN1CC(C(F)(F)F)NC1C1CCC(CN2C(=N)N(CC(F)(F)F)C3CNC(C4C(OC(F)(F)F)CCNC4C4CC4)NC32)CC1. The third kappa shape index (κ3) is 7.51. The van der Waals surface area contributed by atoms with Crippen molar-refractivity contribution in [1.29, 1.82) is 5.41 Å². The summed E-state index contributed by atoms with van der Waals surface area (Å²) >= 11 is 0. The molecule has 0 amide bonds. The van der Waals surface area contributed by atoms with Gasteiger partial charge >= 0.3 is 18.7 Å². The Morgan fingerprint density at radius 2 is 1.50 bits per heavy atom. The topological polar surface area (TPSA) is 90.9 Å². The first-order chi connectivity index (χ1) is 21.5. The summed E-state index contributed by atoms with van der Waals surface area (Å²) in [7, 11) is 1.66. The Morgan fingerprint density at radius 3 is 2.09 bits per heavy atom. The van der Waals surface area contributed by atoms with E-state index in [1.807, 2.05) is 0 Å². The Balaban J connectivity index is 1.16. The van der Waals surface area contributed by atoms with Gasteiger partial charge in [-0.05, 0) is 76.3 Å². The average molecular weight is 679 g/mol. The minimum absolute atomic E-state index is 0.0137. The molecule has 0 radical (unpaired) electrons. The second-order valence-electron chi connectivity index (χ2n) is 14.0. The molecule has 8 unspecified atom stereocenters. The van der Waals surface area contributed by atoms with Crippen LogP contribution >= 0.6 is 0 Å². The summed E-state index contributed by atoms with van der Waals surface area (Å²) in [6, 6.07) is -2.64. The van der Waals surface area contributed by atoms with E-state index in [-0.39, 0.29) is 55.8 Å². The maximum Gasteiger partial charge on any atom is 0.522 e. The largest absolute Gasteiger partial charge is 0.522 e. The summed E-state index contributed by atoms with van der Waals surface area (Å²) in [5.74, 6) is -0.798. The van der Waals surface area contributed by atoms with Gasteiger partial charge in [-0.3, -0.25) is 31.0 Å². The van der Waals surface area contributed by atoms with Gasteiger partial charge in [-0.15, -0.1) is 13.2 Å². The zero-order valence-corrected chi connectivity index (χ0v) is 25.5. The molecule has 9 nitrogen and oxygen atoms in total. The molecule has 8 atom stereocenters. The molecular formula is C28H43F9N8O. The quantitative estimate of drug-likeness (QED) is 0.263. The summed E-state index contributed by atoms with van der Waals surface area (Å²) in [6.07, 6.45) is -12.4. The van der Waals surface area contributed by atoms with E-state index in [0.29, 0.717) is 32.2 Å². The number of likely N-dealkylation sites (N-methyl/N-ethyl adjacent to an activating group) is 1. The molecule has 2 aliphatic carbocycles. The van der Waals surface area contributed by atoms with E-state index >= 15 is 0 Å². The molecule has 264 valence electrons. The van der Waals surface area contributed by atoms with Gasteiger partial charge in [0.05, 0.1) is 24.5 Å². The fourth-order valence-corrected chi connectivity index (χ4v) is 8.64. The van der Waals surface area contributed by atoms with Crippen LogP contribution in [0.15, 0.2) is 0 Å². The highest BCUT2D eigenvalue weighted by molar-refractivity contribution is 5.80. The first-order valence-electron chi connectivity index (χ1n) is 16.2. The van der Waals surface area contributed by atoms with Crippen molar-refractivity contribution >= 4 is 5.96 Å². The van der Waals surface area contributed by atoms with E-state index in [1.54, 1.807) is 16.8 Å². The zero-order chi connectivity index (χ0) is 33.2. The molecule has 6 fully saturated rings. The maximum absolute atomic E-state index is 13.7. The van der Waals surface area contributed by atoms with Gasteiger partial charge in [0.1, 0.15) is 18.8 Å². The van der Waals surface area contributed by atoms with Crippen molar-refractivity contribution in [3.05, 3.63) is 0 Å². The van der Waals surface area contributed by atoms with E-state index in [9.17, 15) is 39.5 Å². The van der Waals surface area contributed by atoms with Crippen LogP contribution in [0.3, 0.4) is 0 Å². The molecule has 6 rings (SSSR count). The lowest BCUT2D eigenvalue weighted by atomic mass is 9.80. The lowest BCUT2D eigenvalue weighted by Crippen LogP contribution is -2.71. The summed E-state index contributed by atoms with van der Waals surface area (Å²) in [6.45, 7) is -0.808. The molecular weight excluding hydrogens is 635 g/mol. The molecule has 0 aromatic rings. The van der Waals surface area contributed by atoms with Gasteiger partial charge in [0, 0.05) is 31.6 Å². The van der Waals surface area contributed by atoms with E-state index in [4.69, 9.17) is 5.41 Å². The highest BCUT2D eigenvalue weighted by Crippen LogP contribution is 2.43. The number of halogens is 9. The fourth-order valence-electron chi connectivity index (χ4n) is 8.64. The number of hydrogen-bond acceptors (Lipinski definition) is 7. The van der Waals surface area contributed by atoms with Crippen molar-refractivity contribution in [1.82, 2.24) is 36.0 Å². The third-order valence-electron chi connectivity index (χ3n) is 10.8. The highest BCUT2D eigenvalue weighted by atomic mass is 19.4. The van der Waals surface area contributed by atoms with Crippen LogP contribution in [-0.4, -0.2) is 122 Å². The molecule has 4 saturated heterocycles. The van der Waals surface area contributed by atoms with Crippen LogP contribution in [0, 0.1) is 29.1 Å². The number of nitrogens with zero attached hydrogens (tertiary/aromatic N) is 3. The van der Waals surface area contributed by atoms with Crippen molar-refractivity contribution in [3.63, 3.8) is 0 Å². The smallest absolute Gasteiger partial charge is 0.326 e. The molecule has 18 heteroatoms. The standard InChI is InChI=1S/C28H43F9N8O/c1-43-12-19(27(32,33)34)41-23(43)16-4-2-14(3-5-16)11-44-24-17(45(25(44)38)13-26(29,30)31)10-40-22(42-24)20-18(46-28(35,36)37)8-9-39-21(20)15-6-7-15/h14-24,38-42H,2-13H2,1H3. The van der Waals surface area contributed by atoms with Crippen LogP contribution in [0.2, 0.25) is 0 Å². The molecule has 0 aromatic heterocycles. The van der Waals surface area contributed by atoms with Crippen LogP contribution in [0.1, 0.15) is 44.9 Å². The predicted octanol–water partition coefficient (Wildman–Crippen LogP) is 3.21. The number of guanidine groups is 1. The summed E-state index contributed by atoms with van der Waals surface area (Å²) in [5.41, 5.74) is 0. The van der Waals surface area contributed by atoms with Gasteiger partial charge in [0.2, 0.25) is 0 Å². The van der Waals surface area contributed by atoms with Crippen LogP contribution < -0.4 is 21.3 Å². The average Bonchev–Trinajstić information content (AvgIpc) is 3.68. The van der Waals surface area contributed by atoms with Crippen molar-refractivity contribution < 1.29 is 44.3 Å². The number of nitrogens with one attached hydrogen (secondary N) is 5. The van der Waals surface area contributed by atoms with Crippen LogP contribution in [-0.2, 0) is 4.74 Å². The van der Waals surface area contributed by atoms with Crippen LogP contribution in [0.25, 0.3) is 0 Å². The molecule has 2 saturated carbocycles. The van der Waals surface area contributed by atoms with E-state index in [0.717, 1.165) is 17.7 Å². The molecule has 5 N–H and O–H groups in total. The minimum atomic E-state index is -4.84. The van der Waals surface area contributed by atoms with Crippen LogP contribution in [0.4, 0.5) is 39.5 Å². The van der Waals surface area contributed by atoms with Crippen molar-refractivity contribution in [2.24, 2.45) is 23.7 Å². The number of piperidine rings is 1. The molecule has 6 aliphatic rings. The van der Waals surface area contributed by atoms with Crippen molar-refractivity contribution in [3.8, 4) is 0 Å². The Labute approximate surface area is 261 Å². The molecule has 4 heterocycles. The Kier molecular flexibility index (Phi) is 9.46. The molecule has 4 aliphatic heterocycles. The van der Waals surface area contributed by atoms with E-state index in [1.165, 1.54) is 0 Å². The number of fused-ring (bicyclic) bond motifs is 1. The summed E-state index contributed by atoms with van der Waals surface area (Å²) in [5, 5.41) is 21.4. The molecule has 0 spiro atoms. The van der Waals surface area contributed by atoms with Gasteiger partial charge in [0.25, 0.3) is 0 Å². The maximum atomic E-state index is 13.7. The monoisotopic (exact) mass is 678 g/mol. The Bertz CT molecular complexity index is 1080. The first kappa shape index (κ1) is 34.3. The number of alkyl halides is 9. The van der Waals surface area contributed by atoms with E-state index in [2.05, 4.69) is 26.0 Å². The molecule has 0 aromatic carbocycles. The second kappa shape index (κ2) is 12.7. The second-order valence-corrected chi connectivity index (χ2v) is 14.0. The molecule has 46 heavy (non-hydrogen) atoms. The zero-order valence-electron chi connectivity index (χ0n) is 25.5. The lowest BCUT2D eigenvalue weighted by Gasteiger charge is -2.48. The predicted molar refractivity (Wildman–Crippen MR) is 148 cm³/mol. The lowest BCUT2D eigenvalue weighted by molar-refractivity contribution is -0.353. The Hall–Kier alpha value is -1.60. The van der Waals surface area contributed by atoms with Crippen molar-refractivity contribution in [2.75, 3.05) is 39.8 Å². The first-order valence-corrected chi connectivity index (χ1v) is 16.2. The number of rotatable bonds is 7. The summed E-state index contributed by atoms with van der Waals surface area (Å²) in [4.78, 5) is 4.29. The highest BCUT2D eigenvalue weighted by Gasteiger charge is 2.55. The van der Waals surface area contributed by atoms with Gasteiger partial charge in [-0.2, -0.15) is 26.3 Å². The van der Waals surface area contributed by atoms with Crippen LogP contribution in [0.5, 0.6) is 0 Å². The normalized spacial score (nSPS) is 40.1. The number of hydrogen-bond donors (Lipinski definition) is 5.